The summed E-state index contributed by atoms with van der Waals surface area (Å²) in [6.45, 7) is 5.62. The maximum atomic E-state index is 5.84. The number of hydrogen-bond donors (Lipinski definition) is 1. The fourth-order valence-electron chi connectivity index (χ4n) is 2.55. The van der Waals surface area contributed by atoms with Crippen LogP contribution < -0.4 is 10.5 Å². The third kappa shape index (κ3) is 2.91. The molecule has 0 aliphatic carbocycles. The summed E-state index contributed by atoms with van der Waals surface area (Å²) in [4.78, 5) is 2.49. The first-order chi connectivity index (χ1) is 8.22. The average Bonchev–Trinajstić information content (AvgIpc) is 2.77. The molecule has 0 saturated carbocycles. The first-order valence-electron chi connectivity index (χ1n) is 6.37. The van der Waals surface area contributed by atoms with Crippen molar-refractivity contribution in [2.24, 2.45) is 5.92 Å². The summed E-state index contributed by atoms with van der Waals surface area (Å²) in [7, 11) is 1.72. The van der Waals surface area contributed by atoms with Gasteiger partial charge in [0.05, 0.1) is 7.11 Å². The molecule has 1 atom stereocenters. The van der Waals surface area contributed by atoms with Crippen LogP contribution in [0.4, 0.5) is 5.69 Å². The van der Waals surface area contributed by atoms with E-state index in [1.807, 2.05) is 18.2 Å². The first kappa shape index (κ1) is 12.2. The number of anilines is 1. The SMILES string of the molecule is CCC1CCN(Cc2cc(N)ccc2OC)C1. The molecule has 0 radical (unpaired) electrons. The van der Waals surface area contributed by atoms with Crippen LogP contribution in [0.5, 0.6) is 5.75 Å². The standard InChI is InChI=1S/C14H22N2O/c1-3-11-6-7-16(9-11)10-12-8-13(15)4-5-14(12)17-2/h4-5,8,11H,3,6-7,9-10,15H2,1-2H3. The van der Waals surface area contributed by atoms with Gasteiger partial charge in [-0.1, -0.05) is 13.3 Å². The van der Waals surface area contributed by atoms with E-state index in [1.165, 1.54) is 31.5 Å². The van der Waals surface area contributed by atoms with Gasteiger partial charge in [-0.25, -0.2) is 0 Å². The fraction of sp³-hybridized carbons (Fsp3) is 0.571. The second kappa shape index (κ2) is 5.41. The lowest BCUT2D eigenvalue weighted by Gasteiger charge is -2.18. The normalized spacial score (nSPS) is 20.7. The number of nitrogens with zero attached hydrogens (tertiary/aromatic N) is 1. The lowest BCUT2D eigenvalue weighted by Crippen LogP contribution is -2.20. The lowest BCUT2D eigenvalue weighted by molar-refractivity contribution is 0.307. The Labute approximate surface area is 104 Å². The Morgan fingerprint density at radius 3 is 2.94 bits per heavy atom. The Bertz CT molecular complexity index is 378. The summed E-state index contributed by atoms with van der Waals surface area (Å²) in [6, 6.07) is 5.87. The largest absolute Gasteiger partial charge is 0.496 e. The van der Waals surface area contributed by atoms with Crippen LogP contribution >= 0.6 is 0 Å². The van der Waals surface area contributed by atoms with Crippen molar-refractivity contribution in [1.82, 2.24) is 4.90 Å². The van der Waals surface area contributed by atoms with E-state index in [-0.39, 0.29) is 0 Å². The molecule has 0 bridgehead atoms. The number of rotatable bonds is 4. The van der Waals surface area contributed by atoms with E-state index in [1.54, 1.807) is 7.11 Å². The van der Waals surface area contributed by atoms with Crippen molar-refractivity contribution in [3.05, 3.63) is 23.8 Å². The van der Waals surface area contributed by atoms with Crippen LogP contribution in [0.1, 0.15) is 25.3 Å². The van der Waals surface area contributed by atoms with Gasteiger partial charge in [-0.3, -0.25) is 4.90 Å². The van der Waals surface area contributed by atoms with Crippen molar-refractivity contribution in [2.45, 2.75) is 26.3 Å². The van der Waals surface area contributed by atoms with E-state index >= 15 is 0 Å². The monoisotopic (exact) mass is 234 g/mol. The van der Waals surface area contributed by atoms with Gasteiger partial charge in [0.15, 0.2) is 0 Å². The third-order valence-corrected chi connectivity index (χ3v) is 3.65. The van der Waals surface area contributed by atoms with E-state index in [0.29, 0.717) is 0 Å². The number of benzene rings is 1. The van der Waals surface area contributed by atoms with Gasteiger partial charge >= 0.3 is 0 Å². The summed E-state index contributed by atoms with van der Waals surface area (Å²) in [5.74, 6) is 1.81. The molecule has 1 aromatic rings. The highest BCUT2D eigenvalue weighted by Crippen LogP contribution is 2.26. The maximum Gasteiger partial charge on any atom is 0.123 e. The molecule has 1 saturated heterocycles. The van der Waals surface area contributed by atoms with E-state index in [0.717, 1.165) is 23.9 Å². The molecule has 1 aliphatic heterocycles. The van der Waals surface area contributed by atoms with Crippen molar-refractivity contribution >= 4 is 5.69 Å². The number of nitrogen functional groups attached to an aromatic ring is 1. The van der Waals surface area contributed by atoms with Gasteiger partial charge in [0.25, 0.3) is 0 Å². The van der Waals surface area contributed by atoms with E-state index in [4.69, 9.17) is 10.5 Å². The summed E-state index contributed by atoms with van der Waals surface area (Å²) in [5.41, 5.74) is 7.85. The number of nitrogens with two attached hydrogens (primary N) is 1. The molecule has 2 rings (SSSR count). The Kier molecular flexibility index (Phi) is 3.89. The lowest BCUT2D eigenvalue weighted by atomic mass is 10.1. The second-order valence-electron chi connectivity index (χ2n) is 4.87. The van der Waals surface area contributed by atoms with Crippen molar-refractivity contribution in [1.29, 1.82) is 0 Å². The molecule has 3 heteroatoms. The Hall–Kier alpha value is -1.22. The zero-order valence-corrected chi connectivity index (χ0v) is 10.8. The van der Waals surface area contributed by atoms with E-state index in [2.05, 4.69) is 11.8 Å². The zero-order valence-electron chi connectivity index (χ0n) is 10.8. The van der Waals surface area contributed by atoms with E-state index in [9.17, 15) is 0 Å². The van der Waals surface area contributed by atoms with Crippen molar-refractivity contribution in [3.63, 3.8) is 0 Å². The smallest absolute Gasteiger partial charge is 0.123 e. The summed E-state index contributed by atoms with van der Waals surface area (Å²) in [6.07, 6.45) is 2.60. The molecule has 1 heterocycles. The molecule has 1 aliphatic rings. The maximum absolute atomic E-state index is 5.84. The average molecular weight is 234 g/mol. The summed E-state index contributed by atoms with van der Waals surface area (Å²) in [5, 5.41) is 0. The van der Waals surface area contributed by atoms with Gasteiger partial charge < -0.3 is 10.5 Å². The molecule has 2 N–H and O–H groups in total. The van der Waals surface area contributed by atoms with Gasteiger partial charge in [-0.15, -0.1) is 0 Å². The van der Waals surface area contributed by atoms with Crippen LogP contribution in [-0.2, 0) is 6.54 Å². The summed E-state index contributed by atoms with van der Waals surface area (Å²) < 4.78 is 5.38. The number of methoxy groups -OCH3 is 1. The minimum atomic E-state index is 0.812. The van der Waals surface area contributed by atoms with Crippen molar-refractivity contribution < 1.29 is 4.74 Å². The topological polar surface area (TPSA) is 38.5 Å². The molecule has 1 unspecified atom stereocenters. The predicted octanol–water partition coefficient (Wildman–Crippen LogP) is 2.51. The number of likely N-dealkylation sites (tertiary alicyclic amines) is 1. The molecule has 0 aromatic heterocycles. The highest BCUT2D eigenvalue weighted by atomic mass is 16.5. The molecule has 17 heavy (non-hydrogen) atoms. The molecule has 0 spiro atoms. The number of ether oxygens (including phenoxy) is 1. The number of hydrogen-bond acceptors (Lipinski definition) is 3. The predicted molar refractivity (Wildman–Crippen MR) is 71.1 cm³/mol. The van der Waals surface area contributed by atoms with Gasteiger partial charge in [-0.2, -0.15) is 0 Å². The Morgan fingerprint density at radius 2 is 2.29 bits per heavy atom. The van der Waals surface area contributed by atoms with Crippen molar-refractivity contribution in [3.8, 4) is 5.75 Å². The van der Waals surface area contributed by atoms with Gasteiger partial charge in [-0.05, 0) is 37.1 Å². The highest BCUT2D eigenvalue weighted by molar-refractivity contribution is 5.47. The van der Waals surface area contributed by atoms with Crippen LogP contribution in [0.3, 0.4) is 0 Å². The minimum Gasteiger partial charge on any atom is -0.496 e. The van der Waals surface area contributed by atoms with Crippen molar-refractivity contribution in [2.75, 3.05) is 25.9 Å². The molecule has 3 nitrogen and oxygen atoms in total. The molecular formula is C14H22N2O. The van der Waals surface area contributed by atoms with Gasteiger partial charge in [0.1, 0.15) is 5.75 Å². The minimum absolute atomic E-state index is 0.812. The zero-order chi connectivity index (χ0) is 12.3. The molecule has 94 valence electrons. The molecule has 1 fully saturated rings. The van der Waals surface area contributed by atoms with Crippen LogP contribution in [0.15, 0.2) is 18.2 Å². The Morgan fingerprint density at radius 1 is 1.47 bits per heavy atom. The van der Waals surface area contributed by atoms with Crippen LogP contribution in [0.2, 0.25) is 0 Å². The highest BCUT2D eigenvalue weighted by Gasteiger charge is 2.21. The fourth-order valence-corrected chi connectivity index (χ4v) is 2.55. The quantitative estimate of drug-likeness (QED) is 0.814. The Balaban J connectivity index is 2.05. The van der Waals surface area contributed by atoms with Crippen LogP contribution in [0, 0.1) is 5.92 Å². The molecule has 1 aromatic carbocycles. The second-order valence-corrected chi connectivity index (χ2v) is 4.87. The molecular weight excluding hydrogens is 212 g/mol. The first-order valence-corrected chi connectivity index (χ1v) is 6.37. The molecule has 0 amide bonds. The van der Waals surface area contributed by atoms with Crippen LogP contribution in [-0.4, -0.2) is 25.1 Å². The van der Waals surface area contributed by atoms with Gasteiger partial charge in [0.2, 0.25) is 0 Å². The van der Waals surface area contributed by atoms with Gasteiger partial charge in [0, 0.05) is 24.3 Å². The third-order valence-electron chi connectivity index (χ3n) is 3.65. The van der Waals surface area contributed by atoms with E-state index < -0.39 is 0 Å². The summed E-state index contributed by atoms with van der Waals surface area (Å²) >= 11 is 0. The van der Waals surface area contributed by atoms with Crippen LogP contribution in [0.25, 0.3) is 0 Å².